The second kappa shape index (κ2) is 7.64. The van der Waals surface area contributed by atoms with Crippen molar-refractivity contribution in [3.63, 3.8) is 0 Å². The third kappa shape index (κ3) is 4.14. The quantitative estimate of drug-likeness (QED) is 0.614. The summed E-state index contributed by atoms with van der Waals surface area (Å²) < 4.78 is 5.32. The van der Waals surface area contributed by atoms with Gasteiger partial charge in [0.1, 0.15) is 11.3 Å². The van der Waals surface area contributed by atoms with E-state index in [0.717, 1.165) is 23.9 Å². The van der Waals surface area contributed by atoms with E-state index in [9.17, 15) is 9.90 Å². The highest BCUT2D eigenvalue weighted by molar-refractivity contribution is 5.84. The number of hydrogen-bond donors (Lipinski definition) is 1. The minimum Gasteiger partial charge on any atom is -0.508 e. The maximum atomic E-state index is 11.9. The molecule has 2 rings (SSSR count). The van der Waals surface area contributed by atoms with E-state index in [2.05, 4.69) is 25.7 Å². The van der Waals surface area contributed by atoms with E-state index in [1.54, 1.807) is 19.1 Å². The molecule has 0 fully saturated rings. The second-order valence-corrected chi connectivity index (χ2v) is 6.45. The molecule has 0 atom stereocenters. The highest BCUT2D eigenvalue weighted by Crippen LogP contribution is 2.28. The Balaban J connectivity index is 2.38. The van der Waals surface area contributed by atoms with Gasteiger partial charge < -0.3 is 9.52 Å². The van der Waals surface area contributed by atoms with E-state index >= 15 is 0 Å². The minimum absolute atomic E-state index is 0.154. The Morgan fingerprint density at radius 1 is 1.26 bits per heavy atom. The van der Waals surface area contributed by atoms with Crippen LogP contribution in [0.15, 0.2) is 27.4 Å². The largest absolute Gasteiger partial charge is 0.508 e. The standard InChI is InChI=1S/C19H27NO3/c1-5-6-7-10-20(13(2)3)12-15-11-18(22)23-19-14(4)17(21)9-8-16(15)19/h8-9,11,13,21H,5-7,10,12H2,1-4H3. The number of unbranched alkanes of at least 4 members (excludes halogenated alkanes) is 2. The topological polar surface area (TPSA) is 53.7 Å². The summed E-state index contributed by atoms with van der Waals surface area (Å²) in [5.41, 5.74) is 1.70. The van der Waals surface area contributed by atoms with Crippen LogP contribution in [0.1, 0.15) is 51.2 Å². The molecule has 0 spiro atoms. The van der Waals surface area contributed by atoms with Crippen LogP contribution in [0.2, 0.25) is 0 Å². The number of fused-ring (bicyclic) bond motifs is 1. The lowest BCUT2D eigenvalue weighted by molar-refractivity contribution is 0.209. The second-order valence-electron chi connectivity index (χ2n) is 6.45. The van der Waals surface area contributed by atoms with Crippen molar-refractivity contribution in [1.82, 2.24) is 4.90 Å². The average Bonchev–Trinajstić information content (AvgIpc) is 2.50. The van der Waals surface area contributed by atoms with E-state index in [1.165, 1.54) is 12.8 Å². The summed E-state index contributed by atoms with van der Waals surface area (Å²) >= 11 is 0. The fourth-order valence-corrected chi connectivity index (χ4v) is 2.85. The number of hydrogen-bond acceptors (Lipinski definition) is 4. The Morgan fingerprint density at radius 2 is 2.00 bits per heavy atom. The highest BCUT2D eigenvalue weighted by atomic mass is 16.4. The molecule has 1 aromatic heterocycles. The summed E-state index contributed by atoms with van der Waals surface area (Å²) in [5, 5.41) is 10.7. The third-order valence-electron chi connectivity index (χ3n) is 4.37. The lowest BCUT2D eigenvalue weighted by atomic mass is 10.0. The Morgan fingerprint density at radius 3 is 2.65 bits per heavy atom. The zero-order chi connectivity index (χ0) is 17.0. The molecule has 0 saturated carbocycles. The predicted molar refractivity (Wildman–Crippen MR) is 94.0 cm³/mol. The molecule has 0 bridgehead atoms. The van der Waals surface area contributed by atoms with Crippen LogP contribution in [-0.2, 0) is 6.54 Å². The van der Waals surface area contributed by atoms with E-state index in [0.29, 0.717) is 23.7 Å². The molecule has 0 saturated heterocycles. The molecular formula is C19H27NO3. The summed E-state index contributed by atoms with van der Waals surface area (Å²) in [6, 6.07) is 5.49. The van der Waals surface area contributed by atoms with Gasteiger partial charge in [-0.05, 0) is 51.4 Å². The van der Waals surface area contributed by atoms with E-state index in [1.807, 2.05) is 6.07 Å². The van der Waals surface area contributed by atoms with Gasteiger partial charge in [-0.25, -0.2) is 4.79 Å². The number of aryl methyl sites for hydroxylation is 1. The Kier molecular flexibility index (Phi) is 5.83. The van der Waals surface area contributed by atoms with Crippen LogP contribution in [0.3, 0.4) is 0 Å². The maximum absolute atomic E-state index is 11.9. The fraction of sp³-hybridized carbons (Fsp3) is 0.526. The Bertz CT molecular complexity index is 718. The SMILES string of the molecule is CCCCCN(Cc1cc(=O)oc2c(C)c(O)ccc12)C(C)C. The van der Waals surface area contributed by atoms with Gasteiger partial charge in [0.2, 0.25) is 0 Å². The van der Waals surface area contributed by atoms with Crippen LogP contribution in [0.25, 0.3) is 11.0 Å². The predicted octanol–water partition coefficient (Wildman–Crippen LogP) is 4.21. The van der Waals surface area contributed by atoms with Crippen molar-refractivity contribution in [3.8, 4) is 5.75 Å². The van der Waals surface area contributed by atoms with Crippen LogP contribution < -0.4 is 5.63 Å². The van der Waals surface area contributed by atoms with Gasteiger partial charge >= 0.3 is 5.63 Å². The molecule has 1 heterocycles. The molecule has 126 valence electrons. The summed E-state index contributed by atoms with van der Waals surface area (Å²) in [5.74, 6) is 0.154. The van der Waals surface area contributed by atoms with E-state index in [4.69, 9.17) is 4.42 Å². The zero-order valence-electron chi connectivity index (χ0n) is 14.6. The summed E-state index contributed by atoms with van der Waals surface area (Å²) in [6.45, 7) is 10.1. The van der Waals surface area contributed by atoms with Crippen molar-refractivity contribution in [2.24, 2.45) is 0 Å². The zero-order valence-corrected chi connectivity index (χ0v) is 14.6. The minimum atomic E-state index is -0.363. The number of nitrogens with zero attached hydrogens (tertiary/aromatic N) is 1. The van der Waals surface area contributed by atoms with Crippen molar-refractivity contribution < 1.29 is 9.52 Å². The molecule has 2 aromatic rings. The summed E-state index contributed by atoms with van der Waals surface area (Å²) in [4.78, 5) is 14.3. The van der Waals surface area contributed by atoms with Crippen LogP contribution in [-0.4, -0.2) is 22.6 Å². The number of benzene rings is 1. The van der Waals surface area contributed by atoms with Gasteiger partial charge in [0.15, 0.2) is 0 Å². The van der Waals surface area contributed by atoms with E-state index in [-0.39, 0.29) is 11.4 Å². The molecular weight excluding hydrogens is 290 g/mol. The molecule has 0 unspecified atom stereocenters. The van der Waals surface area contributed by atoms with Crippen molar-refractivity contribution >= 4 is 11.0 Å². The molecule has 1 aromatic carbocycles. The van der Waals surface area contributed by atoms with E-state index < -0.39 is 0 Å². The average molecular weight is 317 g/mol. The van der Waals surface area contributed by atoms with Crippen LogP contribution in [0.5, 0.6) is 5.75 Å². The third-order valence-corrected chi connectivity index (χ3v) is 4.37. The first kappa shape index (κ1) is 17.5. The van der Waals surface area contributed by atoms with Crippen molar-refractivity contribution in [1.29, 1.82) is 0 Å². The molecule has 0 radical (unpaired) electrons. The van der Waals surface area contributed by atoms with Crippen LogP contribution in [0, 0.1) is 6.92 Å². The van der Waals surface area contributed by atoms with Gasteiger partial charge in [-0.3, -0.25) is 4.90 Å². The van der Waals surface area contributed by atoms with Crippen molar-refractivity contribution in [2.45, 2.75) is 59.5 Å². The lowest BCUT2D eigenvalue weighted by Crippen LogP contribution is -2.31. The summed E-state index contributed by atoms with van der Waals surface area (Å²) in [7, 11) is 0. The van der Waals surface area contributed by atoms with Gasteiger partial charge in [-0.2, -0.15) is 0 Å². The number of phenols is 1. The maximum Gasteiger partial charge on any atom is 0.336 e. The fourth-order valence-electron chi connectivity index (χ4n) is 2.85. The Hall–Kier alpha value is -1.81. The molecule has 0 amide bonds. The highest BCUT2D eigenvalue weighted by Gasteiger charge is 2.15. The monoisotopic (exact) mass is 317 g/mol. The first-order valence-electron chi connectivity index (χ1n) is 8.43. The normalized spacial score (nSPS) is 11.7. The molecule has 4 nitrogen and oxygen atoms in total. The van der Waals surface area contributed by atoms with Crippen LogP contribution in [0.4, 0.5) is 0 Å². The lowest BCUT2D eigenvalue weighted by Gasteiger charge is -2.27. The summed E-state index contributed by atoms with van der Waals surface area (Å²) in [6.07, 6.45) is 3.57. The molecule has 1 N–H and O–H groups in total. The number of aromatic hydroxyl groups is 1. The van der Waals surface area contributed by atoms with Crippen LogP contribution >= 0.6 is 0 Å². The molecule has 0 aliphatic rings. The molecule has 0 aliphatic heterocycles. The molecule has 0 aliphatic carbocycles. The van der Waals surface area contributed by atoms with Crippen molar-refractivity contribution in [3.05, 3.63) is 39.7 Å². The number of phenolic OH excluding ortho intramolecular Hbond substituents is 1. The first-order chi connectivity index (χ1) is 10.9. The molecule has 4 heteroatoms. The Labute approximate surface area is 137 Å². The van der Waals surface area contributed by atoms with Gasteiger partial charge in [-0.1, -0.05) is 19.8 Å². The van der Waals surface area contributed by atoms with Crippen molar-refractivity contribution in [2.75, 3.05) is 6.54 Å². The van der Waals surface area contributed by atoms with Gasteiger partial charge in [-0.15, -0.1) is 0 Å². The molecule has 23 heavy (non-hydrogen) atoms. The van der Waals surface area contributed by atoms with Gasteiger partial charge in [0.25, 0.3) is 0 Å². The smallest absolute Gasteiger partial charge is 0.336 e. The first-order valence-corrected chi connectivity index (χ1v) is 8.43. The van der Waals surface area contributed by atoms with Gasteiger partial charge in [0.05, 0.1) is 0 Å². The number of rotatable bonds is 7. The van der Waals surface area contributed by atoms with Gasteiger partial charge in [0, 0.05) is 29.6 Å².